The Hall–Kier alpha value is -3.88. The summed E-state index contributed by atoms with van der Waals surface area (Å²) in [5, 5.41) is 11.8. The van der Waals surface area contributed by atoms with E-state index in [0.29, 0.717) is 18.7 Å². The molecule has 0 aliphatic rings. The third-order valence-electron chi connectivity index (χ3n) is 4.56. The first-order chi connectivity index (χ1) is 14.5. The van der Waals surface area contributed by atoms with Crippen LogP contribution in [0.15, 0.2) is 53.7 Å². The van der Waals surface area contributed by atoms with Crippen molar-refractivity contribution < 1.29 is 14.3 Å². The molecule has 2 aromatic heterocycles. The normalized spacial score (nSPS) is 10.5. The molecule has 2 amide bonds. The molecule has 3 aromatic rings. The summed E-state index contributed by atoms with van der Waals surface area (Å²) in [5.41, 5.74) is 1.42. The van der Waals surface area contributed by atoms with Crippen molar-refractivity contribution in [1.82, 2.24) is 25.4 Å². The van der Waals surface area contributed by atoms with Gasteiger partial charge in [-0.3, -0.25) is 19.5 Å². The van der Waals surface area contributed by atoms with Crippen LogP contribution >= 0.6 is 0 Å². The van der Waals surface area contributed by atoms with E-state index in [1.54, 1.807) is 31.6 Å². The molecular formula is C21H23N5O4. The lowest BCUT2D eigenvalue weighted by Gasteiger charge is -2.12. The van der Waals surface area contributed by atoms with E-state index in [-0.39, 0.29) is 23.6 Å². The lowest BCUT2D eigenvalue weighted by molar-refractivity contribution is 0.0953. The number of aromatic amines is 1. The Morgan fingerprint density at radius 1 is 1.20 bits per heavy atom. The van der Waals surface area contributed by atoms with Crippen LogP contribution in [-0.2, 0) is 13.0 Å². The molecule has 1 aromatic carbocycles. The third-order valence-corrected chi connectivity index (χ3v) is 4.56. The quantitative estimate of drug-likeness (QED) is 0.512. The van der Waals surface area contributed by atoms with Crippen LogP contribution in [0, 0.1) is 0 Å². The zero-order chi connectivity index (χ0) is 21.5. The van der Waals surface area contributed by atoms with E-state index >= 15 is 0 Å². The molecule has 3 N–H and O–H groups in total. The molecule has 30 heavy (non-hydrogen) atoms. The molecular weight excluding hydrogens is 386 g/mol. The van der Waals surface area contributed by atoms with Crippen LogP contribution < -0.4 is 20.9 Å². The van der Waals surface area contributed by atoms with Gasteiger partial charge in [-0.1, -0.05) is 12.1 Å². The van der Waals surface area contributed by atoms with Crippen molar-refractivity contribution in [3.05, 3.63) is 81.5 Å². The van der Waals surface area contributed by atoms with Crippen LogP contribution in [0.5, 0.6) is 5.75 Å². The van der Waals surface area contributed by atoms with Crippen molar-refractivity contribution in [2.45, 2.75) is 13.0 Å². The molecule has 0 aliphatic heterocycles. The van der Waals surface area contributed by atoms with Gasteiger partial charge in [0.2, 0.25) is 0 Å². The van der Waals surface area contributed by atoms with E-state index in [1.165, 1.54) is 23.9 Å². The van der Waals surface area contributed by atoms with E-state index in [1.807, 2.05) is 12.1 Å². The molecule has 0 atom stereocenters. The average Bonchev–Trinajstić information content (AvgIpc) is 3.28. The number of ether oxygens (including phenoxy) is 1. The van der Waals surface area contributed by atoms with Gasteiger partial charge >= 0.3 is 0 Å². The first kappa shape index (κ1) is 20.8. The molecule has 0 aliphatic carbocycles. The van der Waals surface area contributed by atoms with Gasteiger partial charge in [-0.15, -0.1) is 0 Å². The second kappa shape index (κ2) is 9.55. The van der Waals surface area contributed by atoms with E-state index in [9.17, 15) is 14.4 Å². The first-order valence-corrected chi connectivity index (χ1v) is 9.37. The van der Waals surface area contributed by atoms with E-state index < -0.39 is 11.5 Å². The predicted molar refractivity (Wildman–Crippen MR) is 111 cm³/mol. The van der Waals surface area contributed by atoms with Crippen LogP contribution in [0.25, 0.3) is 0 Å². The van der Waals surface area contributed by atoms with Crippen LogP contribution in [-0.4, -0.2) is 47.3 Å². The number of nitrogens with zero attached hydrogens (tertiary/aromatic N) is 2. The van der Waals surface area contributed by atoms with Gasteiger partial charge in [0.15, 0.2) is 0 Å². The summed E-state index contributed by atoms with van der Waals surface area (Å²) in [4.78, 5) is 37.6. The van der Waals surface area contributed by atoms with Crippen molar-refractivity contribution in [2.24, 2.45) is 0 Å². The number of methoxy groups -OCH3 is 1. The number of aromatic nitrogens is 3. The maximum absolute atomic E-state index is 12.8. The molecule has 0 bridgehead atoms. The second-order valence-corrected chi connectivity index (χ2v) is 6.62. The molecule has 0 fully saturated rings. The summed E-state index contributed by atoms with van der Waals surface area (Å²) in [5.74, 6) is -0.268. The number of amides is 2. The molecule has 2 heterocycles. The maximum Gasteiger partial charge on any atom is 0.263 e. The highest BCUT2D eigenvalue weighted by atomic mass is 16.5. The predicted octanol–water partition coefficient (Wildman–Crippen LogP) is 0.960. The Morgan fingerprint density at radius 2 is 2.03 bits per heavy atom. The molecule has 0 unspecified atom stereocenters. The monoisotopic (exact) mass is 409 g/mol. The summed E-state index contributed by atoms with van der Waals surface area (Å²) in [6.45, 7) is 0.582. The summed E-state index contributed by atoms with van der Waals surface area (Å²) < 4.78 is 6.57. The minimum absolute atomic E-state index is 0.0946. The number of rotatable bonds is 8. The SMILES string of the molecule is CNC(=O)c1cc(C(=O)NCCc2cn[nH]c2)cn(Cc2cccc(OC)c2)c1=O. The topological polar surface area (TPSA) is 118 Å². The highest BCUT2D eigenvalue weighted by molar-refractivity contribution is 5.99. The number of nitrogens with one attached hydrogen (secondary N) is 3. The standard InChI is InChI=1S/C21H23N5O4/c1-22-20(28)18-9-16(19(27)23-7-6-15-10-24-25-11-15)13-26(21(18)29)12-14-4-3-5-17(8-14)30-2/h3-5,8-11,13H,6-7,12H2,1-2H3,(H,22,28)(H,23,27)(H,24,25). The number of H-pyrrole nitrogens is 1. The van der Waals surface area contributed by atoms with Crippen LogP contribution in [0.4, 0.5) is 0 Å². The van der Waals surface area contributed by atoms with Gasteiger partial charge in [-0.25, -0.2) is 0 Å². The number of carbonyl (C=O) groups excluding carboxylic acids is 2. The first-order valence-electron chi connectivity index (χ1n) is 9.37. The Labute approximate surface area is 173 Å². The number of hydrogen-bond donors (Lipinski definition) is 3. The number of hydrogen-bond acceptors (Lipinski definition) is 5. The summed E-state index contributed by atoms with van der Waals surface area (Å²) in [6, 6.07) is 8.56. The lowest BCUT2D eigenvalue weighted by atomic mass is 10.1. The summed E-state index contributed by atoms with van der Waals surface area (Å²) >= 11 is 0. The molecule has 0 spiro atoms. The van der Waals surface area contributed by atoms with Crippen molar-refractivity contribution in [3.8, 4) is 5.75 Å². The lowest BCUT2D eigenvalue weighted by Crippen LogP contribution is -2.34. The van der Waals surface area contributed by atoms with Gasteiger partial charge in [-0.05, 0) is 35.7 Å². The fourth-order valence-electron chi connectivity index (χ4n) is 2.98. The van der Waals surface area contributed by atoms with Crippen molar-refractivity contribution in [3.63, 3.8) is 0 Å². The Bertz CT molecular complexity index is 1090. The van der Waals surface area contributed by atoms with Gasteiger partial charge in [0.25, 0.3) is 17.4 Å². The fourth-order valence-corrected chi connectivity index (χ4v) is 2.98. The minimum atomic E-state index is -0.549. The van der Waals surface area contributed by atoms with Gasteiger partial charge in [0.1, 0.15) is 11.3 Å². The smallest absolute Gasteiger partial charge is 0.263 e. The molecule has 0 saturated heterocycles. The molecule has 156 valence electrons. The number of carbonyl (C=O) groups is 2. The summed E-state index contributed by atoms with van der Waals surface area (Å²) in [6.07, 6.45) is 5.50. The molecule has 9 heteroatoms. The van der Waals surface area contributed by atoms with E-state index in [4.69, 9.17) is 4.74 Å². The van der Waals surface area contributed by atoms with Gasteiger partial charge in [0, 0.05) is 26.0 Å². The Kier molecular flexibility index (Phi) is 6.63. The van der Waals surface area contributed by atoms with Gasteiger partial charge < -0.3 is 19.9 Å². The molecule has 9 nitrogen and oxygen atoms in total. The highest BCUT2D eigenvalue weighted by Crippen LogP contribution is 2.14. The molecule has 0 radical (unpaired) electrons. The van der Waals surface area contributed by atoms with Crippen LogP contribution in [0.3, 0.4) is 0 Å². The largest absolute Gasteiger partial charge is 0.497 e. The third kappa shape index (κ3) is 4.93. The van der Waals surface area contributed by atoms with Crippen LogP contribution in [0.2, 0.25) is 0 Å². The zero-order valence-electron chi connectivity index (χ0n) is 16.8. The van der Waals surface area contributed by atoms with Crippen molar-refractivity contribution in [1.29, 1.82) is 0 Å². The van der Waals surface area contributed by atoms with Gasteiger partial charge in [0.05, 0.1) is 25.4 Å². The van der Waals surface area contributed by atoms with Gasteiger partial charge in [-0.2, -0.15) is 5.10 Å². The average molecular weight is 409 g/mol. The summed E-state index contributed by atoms with van der Waals surface area (Å²) in [7, 11) is 3.00. The maximum atomic E-state index is 12.8. The fraction of sp³-hybridized carbons (Fsp3) is 0.238. The highest BCUT2D eigenvalue weighted by Gasteiger charge is 2.17. The minimum Gasteiger partial charge on any atom is -0.497 e. The molecule has 3 rings (SSSR count). The number of benzene rings is 1. The Balaban J connectivity index is 1.86. The second-order valence-electron chi connectivity index (χ2n) is 6.62. The molecule has 0 saturated carbocycles. The van der Waals surface area contributed by atoms with E-state index in [2.05, 4.69) is 20.8 Å². The van der Waals surface area contributed by atoms with Crippen molar-refractivity contribution >= 4 is 11.8 Å². The Morgan fingerprint density at radius 3 is 2.73 bits per heavy atom. The van der Waals surface area contributed by atoms with Crippen molar-refractivity contribution in [2.75, 3.05) is 20.7 Å². The van der Waals surface area contributed by atoms with E-state index in [0.717, 1.165) is 11.1 Å². The van der Waals surface area contributed by atoms with Crippen LogP contribution in [0.1, 0.15) is 31.8 Å². The zero-order valence-corrected chi connectivity index (χ0v) is 16.8. The number of pyridine rings is 1.